The summed E-state index contributed by atoms with van der Waals surface area (Å²) in [6.45, 7) is 2.41. The molecule has 2 N–H and O–H groups in total. The van der Waals surface area contributed by atoms with E-state index in [2.05, 4.69) is 46.4 Å². The van der Waals surface area contributed by atoms with Crippen molar-refractivity contribution in [2.24, 2.45) is 0 Å². The molecular weight excluding hydrogens is 286 g/mol. The van der Waals surface area contributed by atoms with Crippen molar-refractivity contribution in [1.29, 1.82) is 0 Å². The molecule has 1 aromatic carbocycles. The van der Waals surface area contributed by atoms with Crippen molar-refractivity contribution >= 4 is 27.7 Å². The van der Waals surface area contributed by atoms with Crippen molar-refractivity contribution < 1.29 is 5.11 Å². The van der Waals surface area contributed by atoms with Gasteiger partial charge in [0.05, 0.1) is 0 Å². The Labute approximate surface area is 110 Å². The first kappa shape index (κ1) is 14.0. The van der Waals surface area contributed by atoms with Crippen LogP contribution in [0, 0.1) is 0 Å². The van der Waals surface area contributed by atoms with Gasteiger partial charge in [-0.15, -0.1) is 11.8 Å². The first-order valence-corrected chi connectivity index (χ1v) is 7.17. The van der Waals surface area contributed by atoms with Gasteiger partial charge in [0, 0.05) is 27.8 Å². The Kier molecular flexibility index (Phi) is 6.43. The van der Waals surface area contributed by atoms with E-state index in [0.717, 1.165) is 16.6 Å². The Morgan fingerprint density at radius 1 is 1.50 bits per heavy atom. The summed E-state index contributed by atoms with van der Waals surface area (Å²) < 4.78 is 1.10. The van der Waals surface area contributed by atoms with Crippen LogP contribution in [0.5, 0.6) is 0 Å². The minimum atomic E-state index is 0.262. The van der Waals surface area contributed by atoms with Crippen molar-refractivity contribution in [2.75, 3.05) is 19.4 Å². The molecule has 16 heavy (non-hydrogen) atoms. The minimum absolute atomic E-state index is 0.262. The fourth-order valence-electron chi connectivity index (χ4n) is 1.39. The smallest absolute Gasteiger partial charge is 0.0439 e. The molecule has 0 spiro atoms. The molecule has 0 radical (unpaired) electrons. The van der Waals surface area contributed by atoms with E-state index in [1.807, 2.05) is 7.05 Å². The number of aliphatic hydroxyl groups is 1. The quantitative estimate of drug-likeness (QED) is 0.625. The van der Waals surface area contributed by atoms with Gasteiger partial charge in [0.2, 0.25) is 0 Å². The number of nitrogens with one attached hydrogen (secondary N) is 1. The van der Waals surface area contributed by atoms with Crippen molar-refractivity contribution in [3.05, 3.63) is 28.2 Å². The van der Waals surface area contributed by atoms with E-state index in [1.54, 1.807) is 11.8 Å². The number of thioether (sulfide) groups is 1. The van der Waals surface area contributed by atoms with Gasteiger partial charge in [0.1, 0.15) is 0 Å². The molecule has 0 amide bonds. The van der Waals surface area contributed by atoms with Crippen LogP contribution in [-0.2, 0) is 0 Å². The third-order valence-corrected chi connectivity index (χ3v) is 4.09. The molecule has 2 nitrogen and oxygen atoms in total. The lowest BCUT2D eigenvalue weighted by atomic mass is 10.1. The predicted octanol–water partition coefficient (Wildman–Crippen LogP) is 3.20. The maximum Gasteiger partial charge on any atom is 0.0439 e. The summed E-state index contributed by atoms with van der Waals surface area (Å²) in [6, 6.07) is 6.71. The van der Waals surface area contributed by atoms with E-state index in [1.165, 1.54) is 10.5 Å². The average molecular weight is 304 g/mol. The molecular formula is C12H18BrNOS. The lowest BCUT2D eigenvalue weighted by Crippen LogP contribution is -2.13. The van der Waals surface area contributed by atoms with Crippen LogP contribution in [0.3, 0.4) is 0 Å². The fraction of sp³-hybridized carbons (Fsp3) is 0.500. The largest absolute Gasteiger partial charge is 0.396 e. The third-order valence-electron chi connectivity index (χ3n) is 2.44. The van der Waals surface area contributed by atoms with Crippen LogP contribution in [0.25, 0.3) is 0 Å². The highest BCUT2D eigenvalue weighted by molar-refractivity contribution is 9.10. The van der Waals surface area contributed by atoms with Gasteiger partial charge < -0.3 is 10.4 Å². The number of aliphatic hydroxyl groups excluding tert-OH is 1. The van der Waals surface area contributed by atoms with Crippen LogP contribution in [0.2, 0.25) is 0 Å². The number of hydrogen-bond acceptors (Lipinski definition) is 3. The number of benzene rings is 1. The van der Waals surface area contributed by atoms with Gasteiger partial charge in [-0.3, -0.25) is 0 Å². The van der Waals surface area contributed by atoms with Crippen LogP contribution >= 0.6 is 27.7 Å². The first-order chi connectivity index (χ1) is 7.69. The number of rotatable bonds is 6. The number of halogens is 1. The molecule has 1 aromatic rings. The van der Waals surface area contributed by atoms with Crippen molar-refractivity contribution in [1.82, 2.24) is 5.32 Å². The molecule has 0 saturated carbocycles. The minimum Gasteiger partial charge on any atom is -0.396 e. The Balaban J connectivity index is 2.81. The Morgan fingerprint density at radius 2 is 2.25 bits per heavy atom. The second-order valence-corrected chi connectivity index (χ2v) is 5.67. The predicted molar refractivity (Wildman–Crippen MR) is 74.0 cm³/mol. The monoisotopic (exact) mass is 303 g/mol. The summed E-state index contributed by atoms with van der Waals surface area (Å²) in [6.07, 6.45) is 0.838. The van der Waals surface area contributed by atoms with Gasteiger partial charge in [0.15, 0.2) is 0 Å². The van der Waals surface area contributed by atoms with Crippen molar-refractivity contribution in [3.8, 4) is 0 Å². The molecule has 0 aliphatic heterocycles. The molecule has 4 heteroatoms. The summed E-state index contributed by atoms with van der Waals surface area (Å²) in [7, 11) is 1.97. The standard InChI is InChI=1S/C12H18BrNOS/c1-9(14-2)11-5-4-10(13)8-12(11)16-7-3-6-15/h4-5,8-9,14-15H,3,6-7H2,1-2H3. The zero-order valence-electron chi connectivity index (χ0n) is 9.66. The normalized spacial score (nSPS) is 12.8. The number of hydrogen-bond donors (Lipinski definition) is 2. The second kappa shape index (κ2) is 7.33. The van der Waals surface area contributed by atoms with Crippen molar-refractivity contribution in [3.63, 3.8) is 0 Å². The molecule has 1 atom stereocenters. The van der Waals surface area contributed by atoms with Crippen LogP contribution in [-0.4, -0.2) is 24.5 Å². The molecule has 0 bridgehead atoms. The van der Waals surface area contributed by atoms with Gasteiger partial charge in [-0.1, -0.05) is 22.0 Å². The van der Waals surface area contributed by atoms with Gasteiger partial charge >= 0.3 is 0 Å². The fourth-order valence-corrected chi connectivity index (χ4v) is 3.02. The highest BCUT2D eigenvalue weighted by Crippen LogP contribution is 2.30. The highest BCUT2D eigenvalue weighted by Gasteiger charge is 2.09. The molecule has 0 aromatic heterocycles. The lowest BCUT2D eigenvalue weighted by Gasteiger charge is -2.15. The molecule has 0 aliphatic carbocycles. The molecule has 0 aliphatic rings. The molecule has 1 unspecified atom stereocenters. The second-order valence-electron chi connectivity index (χ2n) is 3.62. The van der Waals surface area contributed by atoms with Gasteiger partial charge in [0.25, 0.3) is 0 Å². The van der Waals surface area contributed by atoms with Crippen LogP contribution in [0.4, 0.5) is 0 Å². The van der Waals surface area contributed by atoms with Crippen LogP contribution in [0.1, 0.15) is 24.9 Å². The summed E-state index contributed by atoms with van der Waals surface area (Å²) in [5, 5.41) is 12.0. The van der Waals surface area contributed by atoms with Gasteiger partial charge in [-0.2, -0.15) is 0 Å². The molecule has 1 rings (SSSR count). The first-order valence-electron chi connectivity index (χ1n) is 5.39. The zero-order chi connectivity index (χ0) is 12.0. The van der Waals surface area contributed by atoms with Gasteiger partial charge in [-0.25, -0.2) is 0 Å². The Hall–Kier alpha value is -0.0300. The molecule has 0 fully saturated rings. The Bertz CT molecular complexity index is 333. The highest BCUT2D eigenvalue weighted by atomic mass is 79.9. The van der Waals surface area contributed by atoms with Crippen molar-refractivity contribution in [2.45, 2.75) is 24.3 Å². The van der Waals surface area contributed by atoms with E-state index in [9.17, 15) is 0 Å². The van der Waals surface area contributed by atoms with E-state index in [4.69, 9.17) is 5.11 Å². The summed E-state index contributed by atoms with van der Waals surface area (Å²) in [5.41, 5.74) is 1.31. The molecule has 0 saturated heterocycles. The maximum absolute atomic E-state index is 8.79. The average Bonchev–Trinajstić information content (AvgIpc) is 2.29. The summed E-state index contributed by atoms with van der Waals surface area (Å²) in [5.74, 6) is 0.955. The van der Waals surface area contributed by atoms with E-state index in [0.29, 0.717) is 6.04 Å². The lowest BCUT2D eigenvalue weighted by molar-refractivity contribution is 0.296. The maximum atomic E-state index is 8.79. The third kappa shape index (κ3) is 4.09. The van der Waals surface area contributed by atoms with Crippen LogP contribution < -0.4 is 5.32 Å². The van der Waals surface area contributed by atoms with E-state index in [-0.39, 0.29) is 6.61 Å². The van der Waals surface area contributed by atoms with E-state index < -0.39 is 0 Å². The zero-order valence-corrected chi connectivity index (χ0v) is 12.1. The Morgan fingerprint density at radius 3 is 2.88 bits per heavy atom. The molecule has 0 heterocycles. The van der Waals surface area contributed by atoms with E-state index >= 15 is 0 Å². The van der Waals surface area contributed by atoms with Gasteiger partial charge in [-0.05, 0) is 38.1 Å². The summed E-state index contributed by atoms with van der Waals surface area (Å²) >= 11 is 5.29. The molecule has 90 valence electrons. The SMILES string of the molecule is CNC(C)c1ccc(Br)cc1SCCCO. The summed E-state index contributed by atoms with van der Waals surface area (Å²) in [4.78, 5) is 1.28. The topological polar surface area (TPSA) is 32.3 Å². The van der Waals surface area contributed by atoms with Crippen LogP contribution in [0.15, 0.2) is 27.6 Å².